The molecule has 3 aromatic rings. The van der Waals surface area contributed by atoms with Crippen molar-refractivity contribution >= 4 is 11.3 Å². The summed E-state index contributed by atoms with van der Waals surface area (Å²) >= 11 is 1.89. The number of rotatable bonds is 7. The lowest BCUT2D eigenvalue weighted by molar-refractivity contribution is 0.477. The second-order valence-electron chi connectivity index (χ2n) is 6.21. The third kappa shape index (κ3) is 4.56. The topological polar surface area (TPSA) is 0 Å². The van der Waals surface area contributed by atoms with Gasteiger partial charge in [0.15, 0.2) is 0 Å². The molecule has 0 aliphatic rings. The van der Waals surface area contributed by atoms with Crippen LogP contribution in [0.4, 0.5) is 0 Å². The summed E-state index contributed by atoms with van der Waals surface area (Å²) < 4.78 is 0. The summed E-state index contributed by atoms with van der Waals surface area (Å²) in [6.45, 7) is 2.29. The number of thiophene rings is 1. The van der Waals surface area contributed by atoms with Gasteiger partial charge in [0.05, 0.1) is 0 Å². The monoisotopic (exact) mass is 320 g/mol. The highest BCUT2D eigenvalue weighted by atomic mass is 32.1. The van der Waals surface area contributed by atoms with Crippen molar-refractivity contribution in [2.24, 2.45) is 5.92 Å². The van der Waals surface area contributed by atoms with Crippen LogP contribution in [0.5, 0.6) is 0 Å². The van der Waals surface area contributed by atoms with Gasteiger partial charge in [-0.3, -0.25) is 0 Å². The van der Waals surface area contributed by atoms with Crippen LogP contribution in [0, 0.1) is 5.92 Å². The largest absolute Gasteiger partial charge is 0.149 e. The van der Waals surface area contributed by atoms with Crippen LogP contribution in [0.25, 0.3) is 11.1 Å². The minimum absolute atomic E-state index is 0.751. The maximum atomic E-state index is 2.30. The van der Waals surface area contributed by atoms with Crippen molar-refractivity contribution in [1.82, 2.24) is 0 Å². The molecule has 0 saturated carbocycles. The Hall–Kier alpha value is -1.86. The van der Waals surface area contributed by atoms with Crippen LogP contribution in [-0.4, -0.2) is 0 Å². The van der Waals surface area contributed by atoms with Crippen molar-refractivity contribution in [3.63, 3.8) is 0 Å². The molecule has 0 fully saturated rings. The minimum atomic E-state index is 0.751. The van der Waals surface area contributed by atoms with E-state index in [1.165, 1.54) is 47.3 Å². The van der Waals surface area contributed by atoms with Crippen molar-refractivity contribution in [3.05, 3.63) is 82.6 Å². The highest BCUT2D eigenvalue weighted by Crippen LogP contribution is 2.24. The molecule has 118 valence electrons. The first-order chi connectivity index (χ1) is 11.3. The zero-order valence-corrected chi connectivity index (χ0v) is 14.6. The summed E-state index contributed by atoms with van der Waals surface area (Å²) in [4.78, 5) is 1.52. The van der Waals surface area contributed by atoms with E-state index in [1.807, 2.05) is 11.3 Å². The van der Waals surface area contributed by atoms with Crippen LogP contribution in [0.2, 0.25) is 0 Å². The molecule has 1 heterocycles. The first-order valence-electron chi connectivity index (χ1n) is 8.52. The number of hydrogen-bond donors (Lipinski definition) is 0. The van der Waals surface area contributed by atoms with Crippen LogP contribution in [0.15, 0.2) is 72.1 Å². The minimum Gasteiger partial charge on any atom is -0.149 e. The van der Waals surface area contributed by atoms with Crippen LogP contribution >= 0.6 is 11.3 Å². The van der Waals surface area contributed by atoms with E-state index in [0.717, 1.165) is 5.92 Å². The SMILES string of the molecule is CCCC(Cc1ccc(-c2ccccc2)cc1)Cc1cccs1. The molecule has 0 bridgehead atoms. The summed E-state index contributed by atoms with van der Waals surface area (Å²) in [6.07, 6.45) is 4.96. The molecule has 0 saturated heterocycles. The van der Waals surface area contributed by atoms with E-state index in [-0.39, 0.29) is 0 Å². The predicted octanol–water partition coefficient (Wildman–Crippen LogP) is 6.62. The predicted molar refractivity (Wildman–Crippen MR) is 102 cm³/mol. The molecule has 0 nitrogen and oxygen atoms in total. The number of benzene rings is 2. The maximum absolute atomic E-state index is 2.30. The first kappa shape index (κ1) is 16.0. The Morgan fingerprint density at radius 3 is 2.17 bits per heavy atom. The maximum Gasteiger partial charge on any atom is 0.00480 e. The Morgan fingerprint density at radius 2 is 1.52 bits per heavy atom. The number of hydrogen-bond acceptors (Lipinski definition) is 1. The molecule has 1 aromatic heterocycles. The van der Waals surface area contributed by atoms with Gasteiger partial charge in [-0.25, -0.2) is 0 Å². The lowest BCUT2D eigenvalue weighted by atomic mass is 9.91. The molecule has 0 aliphatic carbocycles. The van der Waals surface area contributed by atoms with E-state index in [4.69, 9.17) is 0 Å². The van der Waals surface area contributed by atoms with Crippen molar-refractivity contribution in [1.29, 1.82) is 0 Å². The zero-order valence-electron chi connectivity index (χ0n) is 13.7. The fraction of sp³-hybridized carbons (Fsp3) is 0.273. The van der Waals surface area contributed by atoms with Gasteiger partial charge in [0.2, 0.25) is 0 Å². The van der Waals surface area contributed by atoms with Crippen molar-refractivity contribution < 1.29 is 0 Å². The summed E-state index contributed by atoms with van der Waals surface area (Å²) in [6, 6.07) is 24.2. The molecule has 3 rings (SSSR count). The van der Waals surface area contributed by atoms with E-state index in [0.29, 0.717) is 0 Å². The van der Waals surface area contributed by atoms with Gasteiger partial charge in [0.1, 0.15) is 0 Å². The highest BCUT2D eigenvalue weighted by molar-refractivity contribution is 7.09. The molecule has 0 aliphatic heterocycles. The van der Waals surface area contributed by atoms with Crippen LogP contribution < -0.4 is 0 Å². The van der Waals surface area contributed by atoms with Gasteiger partial charge in [-0.05, 0) is 46.9 Å². The quantitative estimate of drug-likeness (QED) is 0.459. The van der Waals surface area contributed by atoms with Gasteiger partial charge in [-0.2, -0.15) is 0 Å². The zero-order chi connectivity index (χ0) is 15.9. The van der Waals surface area contributed by atoms with Gasteiger partial charge < -0.3 is 0 Å². The Kier molecular flexibility index (Phi) is 5.65. The molecule has 2 aromatic carbocycles. The normalized spacial score (nSPS) is 12.2. The van der Waals surface area contributed by atoms with Gasteiger partial charge in [0, 0.05) is 4.88 Å². The molecule has 0 amide bonds. The van der Waals surface area contributed by atoms with Gasteiger partial charge >= 0.3 is 0 Å². The summed E-state index contributed by atoms with van der Waals surface area (Å²) in [5.41, 5.74) is 4.06. The second-order valence-corrected chi connectivity index (χ2v) is 7.24. The van der Waals surface area contributed by atoms with E-state index in [9.17, 15) is 0 Å². The second kappa shape index (κ2) is 8.12. The molecular weight excluding hydrogens is 296 g/mol. The fourth-order valence-corrected chi connectivity index (χ4v) is 4.02. The van der Waals surface area contributed by atoms with Crippen LogP contribution in [-0.2, 0) is 12.8 Å². The molecule has 23 heavy (non-hydrogen) atoms. The molecule has 0 N–H and O–H groups in total. The van der Waals surface area contributed by atoms with Gasteiger partial charge in [0.25, 0.3) is 0 Å². The summed E-state index contributed by atoms with van der Waals surface area (Å²) in [7, 11) is 0. The lowest BCUT2D eigenvalue weighted by Crippen LogP contribution is -2.07. The Labute approximate surface area is 143 Å². The van der Waals surface area contributed by atoms with Crippen LogP contribution in [0.1, 0.15) is 30.2 Å². The molecule has 1 atom stereocenters. The average Bonchev–Trinajstić information content (AvgIpc) is 3.10. The first-order valence-corrected chi connectivity index (χ1v) is 9.40. The highest BCUT2D eigenvalue weighted by Gasteiger charge is 2.11. The van der Waals surface area contributed by atoms with Gasteiger partial charge in [-0.1, -0.05) is 80.4 Å². The Balaban J connectivity index is 1.68. The van der Waals surface area contributed by atoms with Crippen molar-refractivity contribution in [2.75, 3.05) is 0 Å². The van der Waals surface area contributed by atoms with E-state index >= 15 is 0 Å². The molecule has 1 unspecified atom stereocenters. The van der Waals surface area contributed by atoms with E-state index in [1.54, 1.807) is 0 Å². The van der Waals surface area contributed by atoms with Crippen molar-refractivity contribution in [3.8, 4) is 11.1 Å². The van der Waals surface area contributed by atoms with Gasteiger partial charge in [-0.15, -0.1) is 11.3 Å². The van der Waals surface area contributed by atoms with Crippen LogP contribution in [0.3, 0.4) is 0 Å². The smallest absolute Gasteiger partial charge is 0.00480 e. The lowest BCUT2D eigenvalue weighted by Gasteiger charge is -2.16. The average molecular weight is 321 g/mol. The van der Waals surface area contributed by atoms with E-state index < -0.39 is 0 Å². The summed E-state index contributed by atoms with van der Waals surface area (Å²) in [5, 5.41) is 2.19. The Bertz CT molecular complexity index is 681. The molecule has 0 radical (unpaired) electrons. The summed E-state index contributed by atoms with van der Waals surface area (Å²) in [5.74, 6) is 0.751. The standard InChI is InChI=1S/C22H24S/c1-2-7-19(17-22-10-6-15-23-22)16-18-11-13-21(14-12-18)20-8-4-3-5-9-20/h3-6,8-15,19H,2,7,16-17H2,1H3. The fourth-order valence-electron chi connectivity index (χ4n) is 3.20. The molecular formula is C22H24S. The third-order valence-corrected chi connectivity index (χ3v) is 5.25. The third-order valence-electron chi connectivity index (χ3n) is 4.35. The van der Waals surface area contributed by atoms with E-state index in [2.05, 4.69) is 79.0 Å². The molecule has 0 spiro atoms. The Morgan fingerprint density at radius 1 is 0.783 bits per heavy atom. The molecule has 1 heteroatoms. The van der Waals surface area contributed by atoms with Crippen molar-refractivity contribution in [2.45, 2.75) is 32.6 Å².